The van der Waals surface area contributed by atoms with E-state index in [4.69, 9.17) is 19.5 Å². The molecule has 0 radical (unpaired) electrons. The van der Waals surface area contributed by atoms with Crippen LogP contribution in [0.2, 0.25) is 0 Å². The Balaban J connectivity index is 1.47. The van der Waals surface area contributed by atoms with Crippen molar-refractivity contribution in [3.05, 3.63) is 12.7 Å². The van der Waals surface area contributed by atoms with E-state index in [0.717, 1.165) is 29.0 Å². The molecule has 26 nitrogen and oxygen atoms in total. The van der Waals surface area contributed by atoms with Crippen LogP contribution in [-0.2, 0) is 55.5 Å². The van der Waals surface area contributed by atoms with E-state index in [1.165, 1.54) is 20.8 Å². The Morgan fingerprint density at radius 1 is 1.00 bits per heavy atom. The predicted octanol–water partition coefficient (Wildman–Crippen LogP) is -1.81. The van der Waals surface area contributed by atoms with Crippen molar-refractivity contribution in [2.45, 2.75) is 64.3 Å². The zero-order valence-corrected chi connectivity index (χ0v) is 33.4. The number of phosphoric acid groups is 3. The lowest BCUT2D eigenvalue weighted by Crippen LogP contribution is -2.46. The van der Waals surface area contributed by atoms with Gasteiger partial charge in [-0.15, -0.1) is 0 Å². The lowest BCUT2D eigenvalue weighted by atomic mass is 9.87. The summed E-state index contributed by atoms with van der Waals surface area (Å²) in [5.74, 6) is -1.51. The molecule has 0 aromatic carbocycles. The first-order valence-corrected chi connectivity index (χ1v) is 21.7. The van der Waals surface area contributed by atoms with E-state index >= 15 is 0 Å². The Kier molecular flexibility index (Phi) is 17.0. The minimum atomic E-state index is -5.58. The molecule has 1 aliphatic rings. The van der Waals surface area contributed by atoms with Gasteiger partial charge in [-0.25, -0.2) is 28.6 Å². The maximum atomic E-state index is 12.7. The van der Waals surface area contributed by atoms with Gasteiger partial charge in [0, 0.05) is 50.6 Å². The number of hydrogen-bond acceptors (Lipinski definition) is 19. The van der Waals surface area contributed by atoms with Crippen LogP contribution in [0.5, 0.6) is 0 Å². The number of nitrogens with zero attached hydrogens (tertiary/aromatic N) is 4. The molecule has 1 aliphatic heterocycles. The average molecular weight is 881 g/mol. The zero-order chi connectivity index (χ0) is 42.1. The zero-order valence-electron chi connectivity index (χ0n) is 29.9. The molecule has 1 fully saturated rings. The third-order valence-electron chi connectivity index (χ3n) is 7.47. The van der Waals surface area contributed by atoms with Gasteiger partial charge in [0.2, 0.25) is 17.7 Å². The monoisotopic (exact) mass is 880 g/mol. The van der Waals surface area contributed by atoms with Crippen LogP contribution < -0.4 is 21.7 Å². The Labute approximate surface area is 322 Å². The number of aliphatic hydroxyl groups excluding tert-OH is 2. The van der Waals surface area contributed by atoms with E-state index in [-0.39, 0.29) is 66.2 Å². The number of amides is 3. The summed E-state index contributed by atoms with van der Waals surface area (Å²) in [4.78, 5) is 98.0. The number of imidazole rings is 1. The van der Waals surface area contributed by atoms with E-state index in [1.807, 2.05) is 0 Å². The molecule has 7 atom stereocenters. The molecule has 56 heavy (non-hydrogen) atoms. The molecule has 2 aromatic heterocycles. The molecule has 11 N–H and O–H groups in total. The highest BCUT2D eigenvalue weighted by atomic mass is 32.2. The van der Waals surface area contributed by atoms with Crippen molar-refractivity contribution in [2.24, 2.45) is 5.41 Å². The van der Waals surface area contributed by atoms with Crippen LogP contribution in [0.25, 0.3) is 11.2 Å². The number of phosphoric ester groups is 3. The van der Waals surface area contributed by atoms with Crippen molar-refractivity contribution in [1.29, 1.82) is 0 Å². The van der Waals surface area contributed by atoms with E-state index in [9.17, 15) is 62.7 Å². The lowest BCUT2D eigenvalue weighted by molar-refractivity contribution is -0.137. The third-order valence-corrected chi connectivity index (χ3v) is 11.5. The van der Waals surface area contributed by atoms with Crippen molar-refractivity contribution in [3.8, 4) is 0 Å². The van der Waals surface area contributed by atoms with Crippen molar-refractivity contribution >= 4 is 75.0 Å². The van der Waals surface area contributed by atoms with Crippen molar-refractivity contribution in [3.63, 3.8) is 0 Å². The Hall–Kier alpha value is -2.97. The second kappa shape index (κ2) is 20.1. The minimum absolute atomic E-state index is 0.0241. The number of rotatable bonds is 22. The number of carbonyl (C=O) groups excluding carboxylic acids is 4. The molecule has 3 rings (SSSR count). The molecular formula is C26H43N8O18P3S. The van der Waals surface area contributed by atoms with Gasteiger partial charge in [0.1, 0.15) is 36.3 Å². The number of nitrogens with two attached hydrogens (primary N) is 1. The lowest BCUT2D eigenvalue weighted by Gasteiger charge is -2.30. The molecule has 3 heterocycles. The summed E-state index contributed by atoms with van der Waals surface area (Å²) in [5, 5.41) is 28.6. The molecule has 316 valence electrons. The standard InChI is InChI=1S/C26H43N8O18P3S/c1-14(35)28-7-5-17(37)56-9-8-29-16(36)4-6-30-24(40)21(39)26(2,3)11-49-55(46,47)52-54(44,45)48-10-15-20(51-53(41,42)43)19(38)25(50-15)34-13-33-18-22(27)31-12-32-23(18)34/h12-13,15,19-21,25,38-39H,4-11H2,1-3H3,(H,28,35)(H,29,36)(H,30,40)(H,44,45)(H,46,47)(H2,27,31,32)(H2,41,42,43)/t15-,19-,20-,21+,25-/m1/s1. The Morgan fingerprint density at radius 3 is 2.32 bits per heavy atom. The largest absolute Gasteiger partial charge is 0.481 e. The van der Waals surface area contributed by atoms with Crippen LogP contribution >= 0.6 is 35.2 Å². The van der Waals surface area contributed by atoms with E-state index in [2.05, 4.69) is 39.7 Å². The molecule has 30 heteroatoms. The Morgan fingerprint density at radius 2 is 1.66 bits per heavy atom. The van der Waals surface area contributed by atoms with E-state index < -0.39 is 84.6 Å². The highest BCUT2D eigenvalue weighted by molar-refractivity contribution is 8.13. The summed E-state index contributed by atoms with van der Waals surface area (Å²) in [6.45, 7) is 1.87. The van der Waals surface area contributed by atoms with E-state index in [0.29, 0.717) is 0 Å². The number of aromatic nitrogens is 4. The summed E-state index contributed by atoms with van der Waals surface area (Å²) < 4.78 is 62.0. The number of carbonyl (C=O) groups is 4. The first-order chi connectivity index (χ1) is 25.9. The van der Waals surface area contributed by atoms with Gasteiger partial charge in [-0.3, -0.25) is 37.3 Å². The van der Waals surface area contributed by atoms with Gasteiger partial charge in [-0.05, 0) is 0 Å². The SMILES string of the molecule is CC(=O)NCCC(=O)SCCNC(=O)CCNC(=O)[C@H](O)C(C)(C)COP(=O)(O)OP(=O)(O)OC[C@H]1O[C@@H](n2cnc3c(N)ncnc32)[C@H](O)[C@@H]1OP(=O)(O)O. The molecule has 1 saturated heterocycles. The van der Waals surface area contributed by atoms with Gasteiger partial charge >= 0.3 is 23.5 Å². The summed E-state index contributed by atoms with van der Waals surface area (Å²) in [5.41, 5.74) is 4.23. The predicted molar refractivity (Wildman–Crippen MR) is 190 cm³/mol. The van der Waals surface area contributed by atoms with Crippen LogP contribution in [0, 0.1) is 5.41 Å². The number of thioether (sulfide) groups is 1. The van der Waals surface area contributed by atoms with Crippen LogP contribution in [0.15, 0.2) is 12.7 Å². The summed E-state index contributed by atoms with van der Waals surface area (Å²) in [7, 11) is -16.4. The van der Waals surface area contributed by atoms with Crippen molar-refractivity contribution in [2.75, 3.05) is 44.3 Å². The van der Waals surface area contributed by atoms with Gasteiger partial charge in [0.25, 0.3) is 0 Å². The quantitative estimate of drug-likeness (QED) is 0.0460. The van der Waals surface area contributed by atoms with Crippen LogP contribution in [0.1, 0.15) is 39.8 Å². The summed E-state index contributed by atoms with van der Waals surface area (Å²) in [6.07, 6.45) is -6.88. The van der Waals surface area contributed by atoms with Gasteiger partial charge in [0.05, 0.1) is 19.5 Å². The topological polar surface area (TPSA) is 393 Å². The summed E-state index contributed by atoms with van der Waals surface area (Å²) in [6, 6.07) is 0. The third kappa shape index (κ3) is 14.8. The van der Waals surface area contributed by atoms with Gasteiger partial charge < -0.3 is 56.2 Å². The fourth-order valence-electron chi connectivity index (χ4n) is 4.71. The minimum Gasteiger partial charge on any atom is -0.386 e. The molecule has 0 aliphatic carbocycles. The number of hydrogen-bond donors (Lipinski definition) is 10. The van der Waals surface area contributed by atoms with Gasteiger partial charge in [-0.2, -0.15) is 4.31 Å². The number of ether oxygens (including phenoxy) is 1. The van der Waals surface area contributed by atoms with Crippen LogP contribution in [0.3, 0.4) is 0 Å². The molecule has 0 saturated carbocycles. The number of fused-ring (bicyclic) bond motifs is 1. The van der Waals surface area contributed by atoms with E-state index in [1.54, 1.807) is 0 Å². The highest BCUT2D eigenvalue weighted by Crippen LogP contribution is 2.61. The first-order valence-electron chi connectivity index (χ1n) is 16.2. The smallest absolute Gasteiger partial charge is 0.386 e. The number of nitrogens with one attached hydrogen (secondary N) is 3. The number of aliphatic hydroxyl groups is 2. The average Bonchev–Trinajstić information content (AvgIpc) is 3.64. The molecule has 3 amide bonds. The highest BCUT2D eigenvalue weighted by Gasteiger charge is 2.50. The first kappa shape index (κ1) is 47.4. The second-order valence-corrected chi connectivity index (χ2v) is 17.9. The van der Waals surface area contributed by atoms with Crippen LogP contribution in [0.4, 0.5) is 5.82 Å². The maximum absolute atomic E-state index is 12.7. The molecule has 2 unspecified atom stereocenters. The normalized spacial score (nSPS) is 21.5. The van der Waals surface area contributed by atoms with Crippen molar-refractivity contribution in [1.82, 2.24) is 35.5 Å². The second-order valence-electron chi connectivity index (χ2n) is 12.5. The molecular weight excluding hydrogens is 837 g/mol. The molecule has 2 aromatic rings. The van der Waals surface area contributed by atoms with Crippen LogP contribution in [-0.4, -0.2) is 135 Å². The number of nitrogen functional groups attached to an aromatic ring is 1. The van der Waals surface area contributed by atoms with Gasteiger partial charge in [-0.1, -0.05) is 25.6 Å². The molecule has 0 bridgehead atoms. The van der Waals surface area contributed by atoms with Crippen molar-refractivity contribution < 1.29 is 85.3 Å². The fourth-order valence-corrected chi connectivity index (χ4v) is 8.22. The number of anilines is 1. The maximum Gasteiger partial charge on any atom is 0.481 e. The Bertz CT molecular complexity index is 1870. The molecule has 0 spiro atoms. The fraction of sp³-hybridized carbons (Fsp3) is 0.654. The summed E-state index contributed by atoms with van der Waals surface area (Å²) >= 11 is 0.971. The van der Waals surface area contributed by atoms with Gasteiger partial charge in [0.15, 0.2) is 22.8 Å².